The van der Waals surface area contributed by atoms with Gasteiger partial charge in [-0.15, -0.1) is 0 Å². The molecule has 158 valence electrons. The minimum absolute atomic E-state index is 0.539. The number of nitrogens with zero attached hydrogens (tertiary/aromatic N) is 4. The van der Waals surface area contributed by atoms with Crippen molar-refractivity contribution in [1.82, 2.24) is 19.7 Å². The lowest BCUT2D eigenvalue weighted by molar-refractivity contribution is 0.306. The van der Waals surface area contributed by atoms with E-state index in [-0.39, 0.29) is 0 Å². The molecule has 0 radical (unpaired) electrons. The molecule has 0 bridgehead atoms. The maximum absolute atomic E-state index is 5.87. The lowest BCUT2D eigenvalue weighted by atomic mass is 10.1. The second-order valence-electron chi connectivity index (χ2n) is 7.73. The van der Waals surface area contributed by atoms with Crippen LogP contribution in [-0.2, 0) is 6.61 Å². The summed E-state index contributed by atoms with van der Waals surface area (Å²) in [6.07, 6.45) is 3.36. The standard InChI is InChI=1S/C26H23N5O/c1-18-8-13-24(19(2)14-18)31-26-23(15-29-31)25(27-17-28-26)30-21-9-11-22(12-10-21)32-16-20-6-4-3-5-7-20/h3-15,17H,16H2,1-2H3,(H,27,28,30). The zero-order valence-corrected chi connectivity index (χ0v) is 18.0. The summed E-state index contributed by atoms with van der Waals surface area (Å²) >= 11 is 0. The molecule has 0 unspecified atom stereocenters. The Kier molecular flexibility index (Phi) is 5.25. The van der Waals surface area contributed by atoms with Gasteiger partial charge >= 0.3 is 0 Å². The molecule has 0 atom stereocenters. The van der Waals surface area contributed by atoms with Crippen molar-refractivity contribution in [3.05, 3.63) is 102 Å². The van der Waals surface area contributed by atoms with Gasteiger partial charge in [0.25, 0.3) is 0 Å². The van der Waals surface area contributed by atoms with Gasteiger partial charge in [0.2, 0.25) is 0 Å². The average Bonchev–Trinajstić information content (AvgIpc) is 3.24. The molecular weight excluding hydrogens is 398 g/mol. The topological polar surface area (TPSA) is 64.9 Å². The summed E-state index contributed by atoms with van der Waals surface area (Å²) in [5.74, 6) is 1.53. The second kappa shape index (κ2) is 8.51. The quantitative estimate of drug-likeness (QED) is 0.378. The van der Waals surface area contributed by atoms with E-state index in [1.807, 2.05) is 47.1 Å². The van der Waals surface area contributed by atoms with E-state index in [2.05, 4.69) is 64.6 Å². The third kappa shape index (κ3) is 4.03. The molecule has 32 heavy (non-hydrogen) atoms. The summed E-state index contributed by atoms with van der Waals surface area (Å²) < 4.78 is 7.73. The highest BCUT2D eigenvalue weighted by molar-refractivity contribution is 5.89. The monoisotopic (exact) mass is 421 g/mol. The molecule has 0 fully saturated rings. The van der Waals surface area contributed by atoms with Gasteiger partial charge in [0.15, 0.2) is 5.65 Å². The van der Waals surface area contributed by atoms with Gasteiger partial charge in [0.05, 0.1) is 17.3 Å². The number of anilines is 2. The number of hydrogen-bond donors (Lipinski definition) is 1. The molecule has 2 heterocycles. The molecule has 5 rings (SSSR count). The van der Waals surface area contributed by atoms with E-state index in [1.165, 1.54) is 5.56 Å². The van der Waals surface area contributed by atoms with E-state index in [0.717, 1.165) is 39.3 Å². The van der Waals surface area contributed by atoms with E-state index in [0.29, 0.717) is 12.4 Å². The molecule has 2 aromatic heterocycles. The highest BCUT2D eigenvalue weighted by Crippen LogP contribution is 2.27. The number of benzene rings is 3. The Hall–Kier alpha value is -4.19. The maximum Gasteiger partial charge on any atom is 0.168 e. The first-order valence-corrected chi connectivity index (χ1v) is 10.5. The first-order valence-electron chi connectivity index (χ1n) is 10.5. The van der Waals surface area contributed by atoms with Gasteiger partial charge in [-0.05, 0) is 55.3 Å². The van der Waals surface area contributed by atoms with E-state index >= 15 is 0 Å². The van der Waals surface area contributed by atoms with Gasteiger partial charge in [0, 0.05) is 5.69 Å². The Morgan fingerprint density at radius 3 is 2.50 bits per heavy atom. The average molecular weight is 422 g/mol. The third-order valence-electron chi connectivity index (χ3n) is 5.31. The summed E-state index contributed by atoms with van der Waals surface area (Å²) in [7, 11) is 0. The Morgan fingerprint density at radius 1 is 0.906 bits per heavy atom. The molecular formula is C26H23N5O. The van der Waals surface area contributed by atoms with Crippen molar-refractivity contribution in [3.63, 3.8) is 0 Å². The Morgan fingerprint density at radius 2 is 1.72 bits per heavy atom. The van der Waals surface area contributed by atoms with Crippen LogP contribution in [0.2, 0.25) is 0 Å². The SMILES string of the molecule is Cc1ccc(-n2ncc3c(Nc4ccc(OCc5ccccc5)cc4)ncnc32)c(C)c1. The van der Waals surface area contributed by atoms with Crippen LogP contribution in [0.3, 0.4) is 0 Å². The predicted molar refractivity (Wildman–Crippen MR) is 127 cm³/mol. The zero-order valence-electron chi connectivity index (χ0n) is 18.0. The van der Waals surface area contributed by atoms with Crippen LogP contribution in [0.25, 0.3) is 16.7 Å². The minimum atomic E-state index is 0.539. The molecule has 0 saturated heterocycles. The van der Waals surface area contributed by atoms with Gasteiger partial charge in [-0.3, -0.25) is 0 Å². The van der Waals surface area contributed by atoms with E-state index in [1.54, 1.807) is 12.5 Å². The minimum Gasteiger partial charge on any atom is -0.489 e. The van der Waals surface area contributed by atoms with Crippen LogP contribution in [0.5, 0.6) is 5.75 Å². The number of aryl methyl sites for hydroxylation is 2. The molecule has 1 N–H and O–H groups in total. The van der Waals surface area contributed by atoms with Crippen molar-refractivity contribution < 1.29 is 4.74 Å². The summed E-state index contributed by atoms with van der Waals surface area (Å²) in [6.45, 7) is 4.70. The molecule has 0 saturated carbocycles. The molecule has 0 spiro atoms. The normalized spacial score (nSPS) is 10.9. The van der Waals surface area contributed by atoms with Crippen LogP contribution in [0.4, 0.5) is 11.5 Å². The molecule has 5 aromatic rings. The molecule has 6 heteroatoms. The van der Waals surface area contributed by atoms with E-state index < -0.39 is 0 Å². The number of rotatable bonds is 6. The third-order valence-corrected chi connectivity index (χ3v) is 5.31. The zero-order chi connectivity index (χ0) is 21.9. The fourth-order valence-corrected chi connectivity index (χ4v) is 3.68. The van der Waals surface area contributed by atoms with Crippen molar-refractivity contribution in [2.75, 3.05) is 5.32 Å². The van der Waals surface area contributed by atoms with Crippen molar-refractivity contribution >= 4 is 22.5 Å². The highest BCUT2D eigenvalue weighted by Gasteiger charge is 2.13. The van der Waals surface area contributed by atoms with Crippen LogP contribution in [0, 0.1) is 13.8 Å². The Balaban J connectivity index is 1.36. The number of fused-ring (bicyclic) bond motifs is 1. The fourth-order valence-electron chi connectivity index (χ4n) is 3.68. The Bertz CT molecular complexity index is 1360. The fraction of sp³-hybridized carbons (Fsp3) is 0.115. The van der Waals surface area contributed by atoms with Crippen molar-refractivity contribution in [2.24, 2.45) is 0 Å². The molecule has 0 aliphatic rings. The summed E-state index contributed by atoms with van der Waals surface area (Å²) in [4.78, 5) is 8.92. The van der Waals surface area contributed by atoms with Crippen molar-refractivity contribution in [2.45, 2.75) is 20.5 Å². The number of hydrogen-bond acceptors (Lipinski definition) is 5. The number of ether oxygens (including phenoxy) is 1. The van der Waals surface area contributed by atoms with Crippen LogP contribution in [-0.4, -0.2) is 19.7 Å². The molecule has 0 aliphatic carbocycles. The van der Waals surface area contributed by atoms with Crippen LogP contribution >= 0.6 is 0 Å². The smallest absolute Gasteiger partial charge is 0.168 e. The van der Waals surface area contributed by atoms with E-state index in [9.17, 15) is 0 Å². The van der Waals surface area contributed by atoms with Crippen LogP contribution < -0.4 is 10.1 Å². The highest BCUT2D eigenvalue weighted by atomic mass is 16.5. The second-order valence-corrected chi connectivity index (χ2v) is 7.73. The predicted octanol–water partition coefficient (Wildman–Crippen LogP) is 5.75. The van der Waals surface area contributed by atoms with Gasteiger partial charge in [-0.25, -0.2) is 14.6 Å². The first kappa shape index (κ1) is 19.8. The molecule has 0 aliphatic heterocycles. The lowest BCUT2D eigenvalue weighted by Crippen LogP contribution is -2.01. The summed E-state index contributed by atoms with van der Waals surface area (Å²) in [5, 5.41) is 8.81. The summed E-state index contributed by atoms with van der Waals surface area (Å²) in [5.41, 5.74) is 6.19. The van der Waals surface area contributed by atoms with Gasteiger partial charge in [-0.1, -0.05) is 48.0 Å². The van der Waals surface area contributed by atoms with Gasteiger partial charge in [0.1, 0.15) is 24.5 Å². The number of nitrogens with one attached hydrogen (secondary N) is 1. The van der Waals surface area contributed by atoms with Gasteiger partial charge < -0.3 is 10.1 Å². The largest absolute Gasteiger partial charge is 0.489 e. The maximum atomic E-state index is 5.87. The first-order chi connectivity index (χ1) is 15.7. The van der Waals surface area contributed by atoms with Crippen LogP contribution in [0.15, 0.2) is 85.3 Å². The number of aromatic nitrogens is 4. The molecule has 0 amide bonds. The molecule has 6 nitrogen and oxygen atoms in total. The van der Waals surface area contributed by atoms with Crippen molar-refractivity contribution in [1.29, 1.82) is 0 Å². The van der Waals surface area contributed by atoms with E-state index in [4.69, 9.17) is 4.74 Å². The van der Waals surface area contributed by atoms with Gasteiger partial charge in [-0.2, -0.15) is 5.10 Å². The summed E-state index contributed by atoms with van der Waals surface area (Å²) in [6, 6.07) is 24.3. The Labute approximate surface area is 186 Å². The van der Waals surface area contributed by atoms with Crippen molar-refractivity contribution in [3.8, 4) is 11.4 Å². The molecule has 3 aromatic carbocycles. The lowest BCUT2D eigenvalue weighted by Gasteiger charge is -2.10. The van der Waals surface area contributed by atoms with Crippen LogP contribution in [0.1, 0.15) is 16.7 Å².